The van der Waals surface area contributed by atoms with E-state index in [1.54, 1.807) is 0 Å². The fourth-order valence-corrected chi connectivity index (χ4v) is 1.76. The molecule has 1 aromatic rings. The summed E-state index contributed by atoms with van der Waals surface area (Å²) in [5, 5.41) is 11.6. The Morgan fingerprint density at radius 3 is 2.57 bits per heavy atom. The number of amides is 1. The van der Waals surface area contributed by atoms with E-state index in [1.807, 2.05) is 30.3 Å². The molecule has 0 fully saturated rings. The highest BCUT2D eigenvalue weighted by Crippen LogP contribution is 2.05. The Morgan fingerprint density at radius 2 is 1.95 bits per heavy atom. The molecule has 0 aliphatic rings. The van der Waals surface area contributed by atoms with Gasteiger partial charge in [-0.05, 0) is 18.4 Å². The molecule has 1 amide bonds. The Balaban J connectivity index is 2.35. The van der Waals surface area contributed by atoms with Gasteiger partial charge < -0.3 is 19.9 Å². The van der Waals surface area contributed by atoms with E-state index in [-0.39, 0.29) is 6.61 Å². The van der Waals surface area contributed by atoms with Crippen LogP contribution in [0.25, 0.3) is 0 Å². The van der Waals surface area contributed by atoms with Crippen molar-refractivity contribution in [2.24, 2.45) is 0 Å². The normalized spacial score (nSPS) is 11.9. The standard InChI is InChI=1S/C15H21NO5/c1-20-9-10-21-11-14(17)16-13(15(18)19)8-7-12-5-3-2-4-6-12/h2-6,13H,7-11H2,1H3,(H,16,17)(H,18,19)/t13-/m1/s1. The fourth-order valence-electron chi connectivity index (χ4n) is 1.76. The van der Waals surface area contributed by atoms with E-state index in [4.69, 9.17) is 14.6 Å². The Hall–Kier alpha value is -1.92. The zero-order valence-electron chi connectivity index (χ0n) is 12.1. The Labute approximate surface area is 124 Å². The molecule has 0 saturated carbocycles. The summed E-state index contributed by atoms with van der Waals surface area (Å²) >= 11 is 0. The Morgan fingerprint density at radius 1 is 1.24 bits per heavy atom. The minimum atomic E-state index is -1.05. The Bertz CT molecular complexity index is 435. The van der Waals surface area contributed by atoms with Crippen molar-refractivity contribution in [1.29, 1.82) is 0 Å². The van der Waals surface area contributed by atoms with Crippen molar-refractivity contribution in [3.05, 3.63) is 35.9 Å². The second-order valence-electron chi connectivity index (χ2n) is 4.53. The van der Waals surface area contributed by atoms with Gasteiger partial charge in [-0.3, -0.25) is 4.79 Å². The summed E-state index contributed by atoms with van der Waals surface area (Å²) < 4.78 is 9.83. The van der Waals surface area contributed by atoms with Crippen LogP contribution in [0.2, 0.25) is 0 Å². The number of hydrogen-bond donors (Lipinski definition) is 2. The number of methoxy groups -OCH3 is 1. The van der Waals surface area contributed by atoms with Crippen LogP contribution in [0.4, 0.5) is 0 Å². The quantitative estimate of drug-likeness (QED) is 0.625. The first-order chi connectivity index (χ1) is 10.1. The lowest BCUT2D eigenvalue weighted by Gasteiger charge is -2.14. The van der Waals surface area contributed by atoms with E-state index >= 15 is 0 Å². The van der Waals surface area contributed by atoms with Crippen LogP contribution in [0.3, 0.4) is 0 Å². The predicted molar refractivity (Wildman–Crippen MR) is 77.0 cm³/mol. The van der Waals surface area contributed by atoms with Gasteiger partial charge in [0.05, 0.1) is 13.2 Å². The van der Waals surface area contributed by atoms with Crippen LogP contribution in [-0.2, 0) is 25.5 Å². The van der Waals surface area contributed by atoms with Crippen molar-refractivity contribution < 1.29 is 24.2 Å². The molecule has 0 heterocycles. The molecule has 0 spiro atoms. The van der Waals surface area contributed by atoms with Crippen molar-refractivity contribution in [2.75, 3.05) is 26.9 Å². The van der Waals surface area contributed by atoms with Gasteiger partial charge in [0, 0.05) is 7.11 Å². The summed E-state index contributed by atoms with van der Waals surface area (Å²) in [5.41, 5.74) is 1.04. The molecule has 0 aliphatic heterocycles. The highest BCUT2D eigenvalue weighted by Gasteiger charge is 2.19. The van der Waals surface area contributed by atoms with Gasteiger partial charge in [0.1, 0.15) is 12.6 Å². The molecule has 0 aliphatic carbocycles. The lowest BCUT2D eigenvalue weighted by atomic mass is 10.1. The first-order valence-corrected chi connectivity index (χ1v) is 6.76. The van der Waals surface area contributed by atoms with Gasteiger partial charge in [-0.15, -0.1) is 0 Å². The zero-order valence-corrected chi connectivity index (χ0v) is 12.1. The van der Waals surface area contributed by atoms with E-state index in [2.05, 4.69) is 5.32 Å². The van der Waals surface area contributed by atoms with Crippen molar-refractivity contribution in [2.45, 2.75) is 18.9 Å². The van der Waals surface area contributed by atoms with Crippen LogP contribution in [0.15, 0.2) is 30.3 Å². The van der Waals surface area contributed by atoms with Crippen LogP contribution < -0.4 is 5.32 Å². The second kappa shape index (κ2) is 9.90. The molecule has 0 saturated heterocycles. The van der Waals surface area contributed by atoms with Crippen LogP contribution in [-0.4, -0.2) is 50.0 Å². The summed E-state index contributed by atoms with van der Waals surface area (Å²) in [6, 6.07) is 8.63. The molecule has 6 heteroatoms. The first kappa shape index (κ1) is 17.1. The second-order valence-corrected chi connectivity index (χ2v) is 4.53. The SMILES string of the molecule is COCCOCC(=O)N[C@H](CCc1ccccc1)C(=O)O. The van der Waals surface area contributed by atoms with Crippen LogP contribution in [0.1, 0.15) is 12.0 Å². The lowest BCUT2D eigenvalue weighted by molar-refractivity contribution is -0.142. The number of ether oxygens (including phenoxy) is 2. The number of carboxylic acids is 1. The summed E-state index contributed by atoms with van der Waals surface area (Å²) in [5.74, 6) is -1.48. The number of aliphatic carboxylic acids is 1. The van der Waals surface area contributed by atoms with E-state index in [1.165, 1.54) is 7.11 Å². The predicted octanol–water partition coefficient (Wildman–Crippen LogP) is 0.852. The molecule has 1 atom stereocenters. The van der Waals surface area contributed by atoms with Gasteiger partial charge in [0.2, 0.25) is 5.91 Å². The summed E-state index contributed by atoms with van der Waals surface area (Å²) in [7, 11) is 1.54. The van der Waals surface area contributed by atoms with Gasteiger partial charge in [-0.1, -0.05) is 30.3 Å². The highest BCUT2D eigenvalue weighted by molar-refractivity contribution is 5.84. The number of carbonyl (C=O) groups excluding carboxylic acids is 1. The van der Waals surface area contributed by atoms with E-state index in [0.29, 0.717) is 26.1 Å². The van der Waals surface area contributed by atoms with Crippen molar-refractivity contribution in [3.63, 3.8) is 0 Å². The van der Waals surface area contributed by atoms with Crippen LogP contribution in [0, 0.1) is 0 Å². The maximum atomic E-state index is 11.6. The van der Waals surface area contributed by atoms with Gasteiger partial charge >= 0.3 is 5.97 Å². The number of aryl methyl sites for hydroxylation is 1. The molecule has 1 rings (SSSR count). The first-order valence-electron chi connectivity index (χ1n) is 6.76. The van der Waals surface area contributed by atoms with E-state index in [9.17, 15) is 9.59 Å². The minimum Gasteiger partial charge on any atom is -0.480 e. The van der Waals surface area contributed by atoms with Gasteiger partial charge in [0.15, 0.2) is 0 Å². The molecular weight excluding hydrogens is 274 g/mol. The topological polar surface area (TPSA) is 84.9 Å². The van der Waals surface area contributed by atoms with Crippen LogP contribution >= 0.6 is 0 Å². The number of carboxylic acid groups (broad SMARTS) is 1. The van der Waals surface area contributed by atoms with Gasteiger partial charge in [-0.25, -0.2) is 4.79 Å². The number of benzene rings is 1. The number of hydrogen-bond acceptors (Lipinski definition) is 4. The lowest BCUT2D eigenvalue weighted by Crippen LogP contribution is -2.42. The number of rotatable bonds is 10. The summed E-state index contributed by atoms with van der Waals surface area (Å²) in [6.07, 6.45) is 0.922. The van der Waals surface area contributed by atoms with Crippen molar-refractivity contribution in [3.8, 4) is 0 Å². The summed E-state index contributed by atoms with van der Waals surface area (Å²) in [6.45, 7) is 0.522. The van der Waals surface area contributed by atoms with Crippen LogP contribution in [0.5, 0.6) is 0 Å². The van der Waals surface area contributed by atoms with Crippen molar-refractivity contribution in [1.82, 2.24) is 5.32 Å². The molecule has 1 aromatic carbocycles. The highest BCUT2D eigenvalue weighted by atomic mass is 16.5. The maximum absolute atomic E-state index is 11.6. The Kier molecular flexibility index (Phi) is 8.08. The molecule has 0 radical (unpaired) electrons. The van der Waals surface area contributed by atoms with E-state index in [0.717, 1.165) is 5.56 Å². The van der Waals surface area contributed by atoms with E-state index < -0.39 is 17.9 Å². The monoisotopic (exact) mass is 295 g/mol. The molecule has 6 nitrogen and oxygen atoms in total. The zero-order chi connectivity index (χ0) is 15.5. The maximum Gasteiger partial charge on any atom is 0.326 e. The third-order valence-corrected chi connectivity index (χ3v) is 2.86. The molecule has 0 aromatic heterocycles. The van der Waals surface area contributed by atoms with Gasteiger partial charge in [0.25, 0.3) is 0 Å². The third-order valence-electron chi connectivity index (χ3n) is 2.86. The third kappa shape index (κ3) is 7.43. The molecule has 116 valence electrons. The molecular formula is C15H21NO5. The summed E-state index contributed by atoms with van der Waals surface area (Å²) in [4.78, 5) is 22.7. The number of carbonyl (C=O) groups is 2. The van der Waals surface area contributed by atoms with Gasteiger partial charge in [-0.2, -0.15) is 0 Å². The average Bonchev–Trinajstić information content (AvgIpc) is 2.48. The molecule has 0 unspecified atom stereocenters. The average molecular weight is 295 g/mol. The smallest absolute Gasteiger partial charge is 0.326 e. The molecule has 0 bridgehead atoms. The molecule has 21 heavy (non-hydrogen) atoms. The largest absolute Gasteiger partial charge is 0.480 e. The van der Waals surface area contributed by atoms with Crippen molar-refractivity contribution >= 4 is 11.9 Å². The fraction of sp³-hybridized carbons (Fsp3) is 0.467. The molecule has 2 N–H and O–H groups in total. The number of nitrogens with one attached hydrogen (secondary N) is 1. The minimum absolute atomic E-state index is 0.168.